The van der Waals surface area contributed by atoms with Crippen LogP contribution in [0.2, 0.25) is 0 Å². The van der Waals surface area contributed by atoms with Crippen molar-refractivity contribution in [3.8, 4) is 0 Å². The van der Waals surface area contributed by atoms with Gasteiger partial charge in [0.2, 0.25) is 0 Å². The van der Waals surface area contributed by atoms with Gasteiger partial charge in [-0.05, 0) is 32.9 Å². The summed E-state index contributed by atoms with van der Waals surface area (Å²) in [6, 6.07) is 7.62. The summed E-state index contributed by atoms with van der Waals surface area (Å²) in [6.07, 6.45) is -0.400. The molecule has 1 aromatic carbocycles. The molecule has 0 amide bonds. The molecule has 2 N–H and O–H groups in total. The molecule has 0 spiro atoms. The number of Topliss-reactive ketones (excluding diaryl/α,β-unsaturated/α-hetero) is 1. The molecular formula is C15H22N2O2. The number of aliphatic hydroxyl groups excluding tert-OH is 1. The highest BCUT2D eigenvalue weighted by Crippen LogP contribution is 2.26. The van der Waals surface area contributed by atoms with Gasteiger partial charge in [-0.15, -0.1) is 0 Å². The summed E-state index contributed by atoms with van der Waals surface area (Å²) >= 11 is 0. The summed E-state index contributed by atoms with van der Waals surface area (Å²) in [6.45, 7) is 7.82. The van der Waals surface area contributed by atoms with Gasteiger partial charge in [0.25, 0.3) is 0 Å². The third-order valence-electron chi connectivity index (χ3n) is 3.63. The molecule has 1 aliphatic rings. The predicted octanol–water partition coefficient (Wildman–Crippen LogP) is 1.44. The van der Waals surface area contributed by atoms with Crippen molar-refractivity contribution in [1.82, 2.24) is 5.32 Å². The van der Waals surface area contributed by atoms with E-state index >= 15 is 0 Å². The van der Waals surface area contributed by atoms with Crippen molar-refractivity contribution < 1.29 is 9.90 Å². The summed E-state index contributed by atoms with van der Waals surface area (Å²) in [7, 11) is 0. The highest BCUT2D eigenvalue weighted by Gasteiger charge is 2.31. The van der Waals surface area contributed by atoms with E-state index in [2.05, 4.69) is 24.1 Å². The Hall–Kier alpha value is -1.39. The van der Waals surface area contributed by atoms with E-state index in [-0.39, 0.29) is 11.3 Å². The lowest BCUT2D eigenvalue weighted by atomic mass is 10.0. The molecule has 1 atom stereocenters. The number of aliphatic hydroxyl groups is 1. The van der Waals surface area contributed by atoms with Crippen LogP contribution in [-0.4, -0.2) is 42.2 Å². The number of ketones is 1. The first-order valence-corrected chi connectivity index (χ1v) is 6.67. The van der Waals surface area contributed by atoms with Gasteiger partial charge in [-0.25, -0.2) is 0 Å². The van der Waals surface area contributed by atoms with Crippen LogP contribution in [0.3, 0.4) is 0 Å². The Morgan fingerprint density at radius 2 is 2.21 bits per heavy atom. The fraction of sp³-hybridized carbons (Fsp3) is 0.533. The first-order valence-electron chi connectivity index (χ1n) is 6.67. The van der Waals surface area contributed by atoms with Crippen LogP contribution in [0.15, 0.2) is 24.3 Å². The average molecular weight is 262 g/mol. The third kappa shape index (κ3) is 3.14. The van der Waals surface area contributed by atoms with Crippen molar-refractivity contribution in [3.63, 3.8) is 0 Å². The summed E-state index contributed by atoms with van der Waals surface area (Å²) in [5, 5.41) is 13.2. The van der Waals surface area contributed by atoms with Crippen molar-refractivity contribution >= 4 is 11.5 Å². The number of nitrogens with zero attached hydrogens (tertiary/aromatic N) is 1. The monoisotopic (exact) mass is 262 g/mol. The Morgan fingerprint density at radius 1 is 1.47 bits per heavy atom. The van der Waals surface area contributed by atoms with E-state index in [1.165, 1.54) is 0 Å². The predicted molar refractivity (Wildman–Crippen MR) is 76.7 cm³/mol. The van der Waals surface area contributed by atoms with Crippen LogP contribution in [0.5, 0.6) is 0 Å². The van der Waals surface area contributed by atoms with Crippen LogP contribution in [0, 0.1) is 0 Å². The Kier molecular flexibility index (Phi) is 3.92. The number of rotatable bonds is 2. The van der Waals surface area contributed by atoms with E-state index in [0.29, 0.717) is 18.7 Å². The Morgan fingerprint density at radius 3 is 2.89 bits per heavy atom. The molecule has 0 aromatic heterocycles. The normalized spacial score (nSPS) is 22.9. The fourth-order valence-corrected chi connectivity index (χ4v) is 2.51. The van der Waals surface area contributed by atoms with E-state index in [1.54, 1.807) is 6.92 Å². The summed E-state index contributed by atoms with van der Waals surface area (Å²) in [5.74, 6) is 0.0631. The number of hydrogen-bond donors (Lipinski definition) is 2. The highest BCUT2D eigenvalue weighted by atomic mass is 16.3. The van der Waals surface area contributed by atoms with E-state index in [9.17, 15) is 9.90 Å². The average Bonchev–Trinajstić information content (AvgIpc) is 2.48. The van der Waals surface area contributed by atoms with Crippen LogP contribution in [0.1, 0.15) is 31.1 Å². The quantitative estimate of drug-likeness (QED) is 0.792. The number of hydrogen-bond acceptors (Lipinski definition) is 4. The Bertz CT molecular complexity index is 471. The number of nitrogens with one attached hydrogen (secondary N) is 1. The molecule has 2 rings (SSSR count). The molecule has 0 bridgehead atoms. The second-order valence-electron chi connectivity index (χ2n) is 5.81. The first kappa shape index (κ1) is 14.0. The van der Waals surface area contributed by atoms with Gasteiger partial charge in [-0.2, -0.15) is 0 Å². The lowest BCUT2D eigenvalue weighted by Crippen LogP contribution is -2.49. The molecule has 1 aromatic rings. The molecule has 0 saturated carbocycles. The lowest BCUT2D eigenvalue weighted by Gasteiger charge is -2.39. The Balaban J connectivity index is 2.36. The zero-order valence-electron chi connectivity index (χ0n) is 11.8. The number of anilines is 1. The molecule has 1 saturated heterocycles. The number of benzene rings is 1. The van der Waals surface area contributed by atoms with E-state index < -0.39 is 6.10 Å². The van der Waals surface area contributed by atoms with E-state index in [4.69, 9.17) is 0 Å². The molecule has 4 heteroatoms. The number of β-amino-alcohol motifs (C(OH)–C–C–N with tert-alkyl or cyclic N) is 1. The second-order valence-corrected chi connectivity index (χ2v) is 5.81. The van der Waals surface area contributed by atoms with Crippen LogP contribution >= 0.6 is 0 Å². The first-order chi connectivity index (χ1) is 8.90. The molecule has 0 radical (unpaired) electrons. The number of carbonyl (C=O) groups excluding carboxylic acids is 1. The minimum Gasteiger partial charge on any atom is -0.390 e. The molecule has 104 valence electrons. The van der Waals surface area contributed by atoms with E-state index in [0.717, 1.165) is 12.2 Å². The van der Waals surface area contributed by atoms with Gasteiger partial charge >= 0.3 is 0 Å². The zero-order valence-corrected chi connectivity index (χ0v) is 11.8. The van der Waals surface area contributed by atoms with Crippen molar-refractivity contribution in [2.45, 2.75) is 32.4 Å². The minimum atomic E-state index is -0.400. The van der Waals surface area contributed by atoms with Crippen molar-refractivity contribution in [2.24, 2.45) is 0 Å². The molecule has 1 aliphatic heterocycles. The zero-order chi connectivity index (χ0) is 14.0. The molecule has 19 heavy (non-hydrogen) atoms. The van der Waals surface area contributed by atoms with Crippen molar-refractivity contribution in [1.29, 1.82) is 0 Å². The fourth-order valence-electron chi connectivity index (χ4n) is 2.51. The van der Waals surface area contributed by atoms with E-state index in [1.807, 2.05) is 24.3 Å². The minimum absolute atomic E-state index is 0.0631. The second kappa shape index (κ2) is 5.31. The van der Waals surface area contributed by atoms with Gasteiger partial charge in [-0.1, -0.05) is 12.1 Å². The molecule has 1 heterocycles. The highest BCUT2D eigenvalue weighted by molar-refractivity contribution is 5.95. The smallest absolute Gasteiger partial charge is 0.159 e. The maximum atomic E-state index is 11.5. The van der Waals surface area contributed by atoms with Gasteiger partial charge < -0.3 is 15.3 Å². The third-order valence-corrected chi connectivity index (χ3v) is 3.63. The maximum absolute atomic E-state index is 11.5. The van der Waals surface area contributed by atoms with Gasteiger partial charge in [0.05, 0.1) is 6.10 Å². The summed E-state index contributed by atoms with van der Waals surface area (Å²) < 4.78 is 0. The van der Waals surface area contributed by atoms with Crippen LogP contribution in [-0.2, 0) is 0 Å². The van der Waals surface area contributed by atoms with Crippen molar-refractivity contribution in [3.05, 3.63) is 29.8 Å². The maximum Gasteiger partial charge on any atom is 0.159 e. The van der Waals surface area contributed by atoms with Gasteiger partial charge in [-0.3, -0.25) is 4.79 Å². The standard InChI is InChI=1S/C15H22N2O2/c1-11(18)12-5-4-6-13(7-12)17-9-14(19)8-16-10-15(17,2)3/h4-7,14,16,19H,8-10H2,1-3H3. The largest absolute Gasteiger partial charge is 0.390 e. The van der Waals surface area contributed by atoms with Gasteiger partial charge in [0.15, 0.2) is 5.78 Å². The topological polar surface area (TPSA) is 52.6 Å². The number of carbonyl (C=O) groups is 1. The summed E-state index contributed by atoms with van der Waals surface area (Å²) in [4.78, 5) is 13.7. The van der Waals surface area contributed by atoms with Gasteiger partial charge in [0, 0.05) is 36.4 Å². The van der Waals surface area contributed by atoms with Crippen LogP contribution < -0.4 is 10.2 Å². The molecule has 0 aliphatic carbocycles. The van der Waals surface area contributed by atoms with Crippen LogP contribution in [0.25, 0.3) is 0 Å². The molecule has 1 fully saturated rings. The molecular weight excluding hydrogens is 240 g/mol. The van der Waals surface area contributed by atoms with Crippen molar-refractivity contribution in [2.75, 3.05) is 24.5 Å². The molecule has 4 nitrogen and oxygen atoms in total. The van der Waals surface area contributed by atoms with Crippen LogP contribution in [0.4, 0.5) is 5.69 Å². The lowest BCUT2D eigenvalue weighted by molar-refractivity contribution is 0.101. The SMILES string of the molecule is CC(=O)c1cccc(N2CC(O)CNCC2(C)C)c1. The Labute approximate surface area is 114 Å². The summed E-state index contributed by atoms with van der Waals surface area (Å²) in [5.41, 5.74) is 1.59. The van der Waals surface area contributed by atoms with Gasteiger partial charge in [0.1, 0.15) is 0 Å². The molecule has 1 unspecified atom stereocenters.